The minimum atomic E-state index is -0.0725. The molecule has 166 valence electrons. The van der Waals surface area contributed by atoms with Gasteiger partial charge in [-0.1, -0.05) is 60.3 Å². The van der Waals surface area contributed by atoms with E-state index in [1.165, 1.54) is 17.3 Å². The van der Waals surface area contributed by atoms with Crippen LogP contribution in [0.3, 0.4) is 0 Å². The Morgan fingerprint density at radius 2 is 1.70 bits per heavy atom. The summed E-state index contributed by atoms with van der Waals surface area (Å²) in [4.78, 5) is 12.5. The second-order valence-electron chi connectivity index (χ2n) is 7.45. The monoisotopic (exact) mass is 458 g/mol. The lowest BCUT2D eigenvalue weighted by Crippen LogP contribution is -2.12. The summed E-state index contributed by atoms with van der Waals surface area (Å²) in [6.45, 7) is 0.206. The largest absolute Gasteiger partial charge is 0.454 e. The minimum Gasteiger partial charge on any atom is -0.454 e. The van der Waals surface area contributed by atoms with Crippen molar-refractivity contribution in [2.45, 2.75) is 18.0 Å². The summed E-state index contributed by atoms with van der Waals surface area (Å²) in [6, 6.07) is 25.6. The molecule has 7 nitrogen and oxygen atoms in total. The number of nitrogens with one attached hydrogen (secondary N) is 1. The van der Waals surface area contributed by atoms with E-state index in [0.717, 1.165) is 16.7 Å². The van der Waals surface area contributed by atoms with Crippen LogP contribution in [0, 0.1) is 0 Å². The lowest BCUT2D eigenvalue weighted by molar-refractivity contribution is -0.115. The van der Waals surface area contributed by atoms with Crippen molar-refractivity contribution >= 4 is 23.4 Å². The highest BCUT2D eigenvalue weighted by atomic mass is 32.2. The van der Waals surface area contributed by atoms with Crippen molar-refractivity contribution in [3.8, 4) is 17.2 Å². The van der Waals surface area contributed by atoms with Crippen LogP contribution in [-0.4, -0.2) is 33.2 Å². The van der Waals surface area contributed by atoms with E-state index in [2.05, 4.69) is 32.2 Å². The summed E-state index contributed by atoms with van der Waals surface area (Å²) >= 11 is 1.52. The van der Waals surface area contributed by atoms with Crippen molar-refractivity contribution in [1.29, 1.82) is 0 Å². The smallest absolute Gasteiger partial charge is 0.231 e. The van der Waals surface area contributed by atoms with Gasteiger partial charge in [0.1, 0.15) is 5.82 Å². The van der Waals surface area contributed by atoms with Gasteiger partial charge in [0.15, 0.2) is 16.7 Å². The second-order valence-corrected chi connectivity index (χ2v) is 8.51. The third-order valence-corrected chi connectivity index (χ3v) is 6.07. The molecule has 0 fully saturated rings. The Labute approximate surface area is 195 Å². The summed E-state index contributed by atoms with van der Waals surface area (Å²) < 4.78 is 12.7. The van der Waals surface area contributed by atoms with Gasteiger partial charge in [-0.2, -0.15) is 0 Å². The molecule has 1 N–H and O–H groups in total. The quantitative estimate of drug-likeness (QED) is 0.386. The number of rotatable bonds is 8. The predicted octanol–water partition coefficient (Wildman–Crippen LogP) is 4.71. The Morgan fingerprint density at radius 1 is 0.939 bits per heavy atom. The fourth-order valence-corrected chi connectivity index (χ4v) is 4.46. The van der Waals surface area contributed by atoms with Gasteiger partial charge in [0, 0.05) is 36.0 Å². The van der Waals surface area contributed by atoms with Gasteiger partial charge in [-0.25, -0.2) is 0 Å². The molecule has 33 heavy (non-hydrogen) atoms. The maximum Gasteiger partial charge on any atom is 0.231 e. The number of aromatic nitrogens is 3. The highest BCUT2D eigenvalue weighted by molar-refractivity contribution is 7.99. The first-order chi connectivity index (χ1) is 16.3. The van der Waals surface area contributed by atoms with Crippen molar-refractivity contribution in [1.82, 2.24) is 14.8 Å². The molecular weight excluding hydrogens is 436 g/mol. The number of nitrogens with zero attached hydrogens (tertiary/aromatic N) is 3. The fraction of sp³-hybridized carbons (Fsp3) is 0.160. The number of carbonyl (C=O) groups excluding carboxylic acids is 1. The molecule has 0 aliphatic carbocycles. The summed E-state index contributed by atoms with van der Waals surface area (Å²) in [7, 11) is 0. The van der Waals surface area contributed by atoms with Crippen molar-refractivity contribution in [3.63, 3.8) is 0 Å². The molecule has 3 aromatic carbocycles. The number of hydrogen-bond acceptors (Lipinski definition) is 6. The van der Waals surface area contributed by atoms with E-state index in [1.807, 2.05) is 48.5 Å². The summed E-state index contributed by atoms with van der Waals surface area (Å²) in [6.07, 6.45) is 1.02. The molecule has 0 bridgehead atoms. The molecule has 1 aliphatic rings. The molecule has 0 radical (unpaired) electrons. The van der Waals surface area contributed by atoms with E-state index in [0.29, 0.717) is 35.8 Å². The third-order valence-electron chi connectivity index (χ3n) is 5.14. The zero-order valence-electron chi connectivity index (χ0n) is 17.8. The van der Waals surface area contributed by atoms with Crippen LogP contribution in [0.5, 0.6) is 11.5 Å². The Bertz CT molecular complexity index is 1250. The summed E-state index contributed by atoms with van der Waals surface area (Å²) in [5.41, 5.74) is 2.86. The van der Waals surface area contributed by atoms with Crippen LogP contribution in [0.4, 0.5) is 5.69 Å². The Balaban J connectivity index is 1.26. The summed E-state index contributed by atoms with van der Waals surface area (Å²) in [5.74, 6) is 2.70. The zero-order chi connectivity index (χ0) is 22.5. The molecule has 0 saturated carbocycles. The number of para-hydroxylation sites is 1. The molecule has 1 aromatic heterocycles. The first-order valence-corrected chi connectivity index (χ1v) is 11.6. The normalized spacial score (nSPS) is 12.0. The van der Waals surface area contributed by atoms with Gasteiger partial charge in [-0.3, -0.25) is 9.36 Å². The van der Waals surface area contributed by atoms with Gasteiger partial charge in [-0.05, 0) is 29.8 Å². The highest BCUT2D eigenvalue weighted by Gasteiger charge is 2.17. The molecule has 4 aromatic rings. The first kappa shape index (κ1) is 21.1. The van der Waals surface area contributed by atoms with E-state index in [-0.39, 0.29) is 12.7 Å². The maximum atomic E-state index is 12.5. The topological polar surface area (TPSA) is 78.3 Å². The average Bonchev–Trinajstić information content (AvgIpc) is 3.47. The van der Waals surface area contributed by atoms with Crippen LogP contribution >= 0.6 is 11.8 Å². The average molecular weight is 459 g/mol. The molecule has 2 heterocycles. The number of amides is 1. The molecule has 0 atom stereocenters. The number of benzene rings is 3. The van der Waals surface area contributed by atoms with Crippen LogP contribution in [0.15, 0.2) is 84.0 Å². The standard InChI is InChI=1S/C25H22N4O3S/c30-24(26-19-11-12-21-22(16-19)32-17-31-21)13-14-33-25-28-27-23(15-18-7-3-1-4-8-18)29(25)20-9-5-2-6-10-20/h1-12,16H,13-15,17H2,(H,26,30). The van der Waals surface area contributed by atoms with Crippen molar-refractivity contribution in [2.75, 3.05) is 17.9 Å². The van der Waals surface area contributed by atoms with Crippen LogP contribution in [-0.2, 0) is 11.2 Å². The minimum absolute atomic E-state index is 0.0725. The van der Waals surface area contributed by atoms with Crippen LogP contribution < -0.4 is 14.8 Å². The van der Waals surface area contributed by atoms with Gasteiger partial charge >= 0.3 is 0 Å². The number of hydrogen-bond donors (Lipinski definition) is 1. The SMILES string of the molecule is O=C(CCSc1nnc(Cc2ccccc2)n1-c1ccccc1)Nc1ccc2c(c1)OCO2. The molecule has 8 heteroatoms. The molecule has 1 amide bonds. The van der Waals surface area contributed by atoms with E-state index < -0.39 is 0 Å². The number of carbonyl (C=O) groups is 1. The van der Waals surface area contributed by atoms with Gasteiger partial charge < -0.3 is 14.8 Å². The molecule has 0 spiro atoms. The molecule has 5 rings (SSSR count). The first-order valence-electron chi connectivity index (χ1n) is 10.6. The number of fused-ring (bicyclic) bond motifs is 1. The van der Waals surface area contributed by atoms with Gasteiger partial charge in [0.25, 0.3) is 0 Å². The third kappa shape index (κ3) is 5.01. The number of thioether (sulfide) groups is 1. The Morgan fingerprint density at radius 3 is 2.52 bits per heavy atom. The molecule has 0 unspecified atom stereocenters. The fourth-order valence-electron chi connectivity index (χ4n) is 3.56. The summed E-state index contributed by atoms with van der Waals surface area (Å²) in [5, 5.41) is 12.6. The van der Waals surface area contributed by atoms with Crippen molar-refractivity contribution in [2.24, 2.45) is 0 Å². The number of anilines is 1. The Kier molecular flexibility index (Phi) is 6.25. The van der Waals surface area contributed by atoms with Crippen molar-refractivity contribution < 1.29 is 14.3 Å². The predicted molar refractivity (Wildman–Crippen MR) is 127 cm³/mol. The van der Waals surface area contributed by atoms with Crippen LogP contribution in [0.1, 0.15) is 17.8 Å². The van der Waals surface area contributed by atoms with Gasteiger partial charge in [-0.15, -0.1) is 10.2 Å². The van der Waals surface area contributed by atoms with E-state index in [1.54, 1.807) is 18.2 Å². The highest BCUT2D eigenvalue weighted by Crippen LogP contribution is 2.34. The lowest BCUT2D eigenvalue weighted by Gasteiger charge is -2.10. The lowest BCUT2D eigenvalue weighted by atomic mass is 10.1. The van der Waals surface area contributed by atoms with Crippen molar-refractivity contribution in [3.05, 3.63) is 90.3 Å². The van der Waals surface area contributed by atoms with Gasteiger partial charge in [0.05, 0.1) is 0 Å². The van der Waals surface area contributed by atoms with Gasteiger partial charge in [0.2, 0.25) is 12.7 Å². The zero-order valence-corrected chi connectivity index (χ0v) is 18.6. The van der Waals surface area contributed by atoms with E-state index >= 15 is 0 Å². The van der Waals surface area contributed by atoms with E-state index in [9.17, 15) is 4.79 Å². The Hall–Kier alpha value is -3.78. The second kappa shape index (κ2) is 9.79. The molecule has 0 saturated heterocycles. The number of ether oxygens (including phenoxy) is 2. The maximum absolute atomic E-state index is 12.5. The van der Waals surface area contributed by atoms with Crippen LogP contribution in [0.25, 0.3) is 5.69 Å². The molecular formula is C25H22N4O3S. The van der Waals surface area contributed by atoms with Crippen LogP contribution in [0.2, 0.25) is 0 Å². The van der Waals surface area contributed by atoms with E-state index in [4.69, 9.17) is 9.47 Å². The molecule has 1 aliphatic heterocycles.